The maximum atomic E-state index is 12.3. The van der Waals surface area contributed by atoms with Gasteiger partial charge in [0.05, 0.1) is 5.69 Å². The smallest absolute Gasteiger partial charge is 0.179 e. The third-order valence-electron chi connectivity index (χ3n) is 4.06. The molecule has 1 unspecified atom stereocenters. The largest absolute Gasteiger partial charge is 0.356 e. The molecule has 1 heterocycles. The van der Waals surface area contributed by atoms with Crippen LogP contribution in [0.5, 0.6) is 0 Å². The number of hydrogen-bond acceptors (Lipinski definition) is 1. The number of hydrogen-bond donors (Lipinski definition) is 1. The molecule has 17 heavy (non-hydrogen) atoms. The number of aryl methyl sites for hydroxylation is 1. The number of carbonyl (C=O) groups excluding carboxylic acids is 1. The van der Waals surface area contributed by atoms with Crippen molar-refractivity contribution in [3.63, 3.8) is 0 Å². The Hall–Kier alpha value is -1.05. The van der Waals surface area contributed by atoms with Crippen LogP contribution in [0.4, 0.5) is 0 Å². The topological polar surface area (TPSA) is 32.9 Å². The summed E-state index contributed by atoms with van der Waals surface area (Å²) in [4.78, 5) is 15.5. The zero-order chi connectivity index (χ0) is 13.4. The number of carbonyl (C=O) groups is 1. The van der Waals surface area contributed by atoms with Crippen LogP contribution in [0.25, 0.3) is 0 Å². The lowest BCUT2D eigenvalue weighted by Gasteiger charge is -2.26. The quantitative estimate of drug-likeness (QED) is 0.783. The van der Waals surface area contributed by atoms with Crippen LogP contribution in [0.1, 0.15) is 61.4 Å². The Labute approximate surface area is 105 Å². The summed E-state index contributed by atoms with van der Waals surface area (Å²) in [6.45, 7) is 14.8. The van der Waals surface area contributed by atoms with Crippen molar-refractivity contribution in [2.24, 2.45) is 11.3 Å². The van der Waals surface area contributed by atoms with Crippen molar-refractivity contribution < 1.29 is 4.79 Å². The van der Waals surface area contributed by atoms with Gasteiger partial charge in [-0.1, -0.05) is 27.7 Å². The van der Waals surface area contributed by atoms with Gasteiger partial charge in [0, 0.05) is 12.1 Å². The summed E-state index contributed by atoms with van der Waals surface area (Å²) in [5.74, 6) is 0.624. The van der Waals surface area contributed by atoms with Gasteiger partial charge >= 0.3 is 0 Å². The summed E-state index contributed by atoms with van der Waals surface area (Å²) >= 11 is 0. The molecular weight excluding hydrogens is 210 g/mol. The van der Waals surface area contributed by atoms with Crippen molar-refractivity contribution in [3.05, 3.63) is 22.5 Å². The van der Waals surface area contributed by atoms with E-state index in [4.69, 9.17) is 0 Å². The fourth-order valence-corrected chi connectivity index (χ4v) is 1.81. The molecule has 1 N–H and O–H groups in total. The average molecular weight is 235 g/mol. The molecule has 1 atom stereocenters. The highest BCUT2D eigenvalue weighted by atomic mass is 16.1. The van der Waals surface area contributed by atoms with E-state index in [0.29, 0.717) is 12.3 Å². The van der Waals surface area contributed by atoms with Gasteiger partial charge in [-0.2, -0.15) is 0 Å². The van der Waals surface area contributed by atoms with E-state index in [2.05, 4.69) is 39.6 Å². The van der Waals surface area contributed by atoms with Gasteiger partial charge in [-0.05, 0) is 43.2 Å². The van der Waals surface area contributed by atoms with Crippen molar-refractivity contribution in [3.8, 4) is 0 Å². The lowest BCUT2D eigenvalue weighted by molar-refractivity contribution is 0.0922. The molecule has 2 heteroatoms. The molecule has 0 aromatic carbocycles. The number of Topliss-reactive ketones (excluding diaryl/α,β-unsaturated/α-hetero) is 1. The number of nitrogens with one attached hydrogen (secondary N) is 1. The maximum absolute atomic E-state index is 12.3. The highest BCUT2D eigenvalue weighted by Crippen LogP contribution is 2.30. The van der Waals surface area contributed by atoms with Crippen LogP contribution in [0.3, 0.4) is 0 Å². The fraction of sp³-hybridized carbons (Fsp3) is 0.667. The minimum Gasteiger partial charge on any atom is -0.356 e. The van der Waals surface area contributed by atoms with E-state index in [9.17, 15) is 4.79 Å². The Morgan fingerprint density at radius 3 is 2.06 bits per heavy atom. The summed E-state index contributed by atoms with van der Waals surface area (Å²) < 4.78 is 0. The monoisotopic (exact) mass is 235 g/mol. The molecule has 0 radical (unpaired) electrons. The second-order valence-corrected chi connectivity index (χ2v) is 6.27. The van der Waals surface area contributed by atoms with Crippen molar-refractivity contribution in [1.29, 1.82) is 0 Å². The van der Waals surface area contributed by atoms with E-state index in [1.165, 1.54) is 5.56 Å². The molecule has 0 aliphatic rings. The first-order valence-electron chi connectivity index (χ1n) is 6.33. The Kier molecular flexibility index (Phi) is 3.85. The average Bonchev–Trinajstić information content (AvgIpc) is 2.44. The number of rotatable bonds is 3. The van der Waals surface area contributed by atoms with Crippen LogP contribution in [0, 0.1) is 32.1 Å². The second kappa shape index (κ2) is 4.67. The summed E-state index contributed by atoms with van der Waals surface area (Å²) in [5, 5.41) is 0. The third kappa shape index (κ3) is 2.99. The summed E-state index contributed by atoms with van der Waals surface area (Å²) in [6.07, 6.45) is 0.615. The van der Waals surface area contributed by atoms with E-state index >= 15 is 0 Å². The molecule has 2 nitrogen and oxygen atoms in total. The first kappa shape index (κ1) is 14.0. The molecule has 0 amide bonds. The fourth-order valence-electron chi connectivity index (χ4n) is 1.81. The summed E-state index contributed by atoms with van der Waals surface area (Å²) in [6, 6.07) is 0. The number of ketones is 1. The van der Waals surface area contributed by atoms with Crippen LogP contribution >= 0.6 is 0 Å². The lowest BCUT2D eigenvalue weighted by Crippen LogP contribution is -2.21. The molecule has 96 valence electrons. The van der Waals surface area contributed by atoms with Gasteiger partial charge in [-0.3, -0.25) is 4.79 Å². The van der Waals surface area contributed by atoms with Gasteiger partial charge in [0.15, 0.2) is 5.78 Å². The Morgan fingerprint density at radius 2 is 1.71 bits per heavy atom. The van der Waals surface area contributed by atoms with Gasteiger partial charge in [0.1, 0.15) is 0 Å². The molecule has 0 spiro atoms. The van der Waals surface area contributed by atoms with Crippen molar-refractivity contribution in [1.82, 2.24) is 4.98 Å². The van der Waals surface area contributed by atoms with E-state index < -0.39 is 0 Å². The standard InChI is InChI=1S/C15H25NO/c1-9(15(5,6)7)8-13(17)14-11(3)10(2)12(4)16-14/h9,16H,8H2,1-7H3. The molecule has 0 fully saturated rings. The second-order valence-electron chi connectivity index (χ2n) is 6.27. The predicted molar refractivity (Wildman–Crippen MR) is 72.6 cm³/mol. The molecule has 0 bridgehead atoms. The highest BCUT2D eigenvalue weighted by molar-refractivity contribution is 5.96. The molecule has 1 aromatic rings. The van der Waals surface area contributed by atoms with Gasteiger partial charge in [0.25, 0.3) is 0 Å². The van der Waals surface area contributed by atoms with Crippen LogP contribution in [-0.4, -0.2) is 10.8 Å². The zero-order valence-corrected chi connectivity index (χ0v) is 12.2. The van der Waals surface area contributed by atoms with Crippen LogP contribution in [-0.2, 0) is 0 Å². The zero-order valence-electron chi connectivity index (χ0n) is 12.2. The summed E-state index contributed by atoms with van der Waals surface area (Å²) in [5.41, 5.74) is 4.40. The van der Waals surface area contributed by atoms with Gasteiger partial charge in [-0.25, -0.2) is 0 Å². The maximum Gasteiger partial charge on any atom is 0.179 e. The minimum absolute atomic E-state index is 0.181. The first-order chi connectivity index (χ1) is 7.64. The normalized spacial score (nSPS) is 13.8. The van der Waals surface area contributed by atoms with Crippen LogP contribution in [0.2, 0.25) is 0 Å². The molecule has 1 rings (SSSR count). The van der Waals surface area contributed by atoms with Crippen molar-refractivity contribution in [2.75, 3.05) is 0 Å². The van der Waals surface area contributed by atoms with Crippen LogP contribution < -0.4 is 0 Å². The molecule has 0 saturated heterocycles. The Balaban J connectivity index is 2.88. The molecule has 0 aliphatic heterocycles. The minimum atomic E-state index is 0.181. The van der Waals surface area contributed by atoms with Gasteiger partial charge < -0.3 is 4.98 Å². The third-order valence-corrected chi connectivity index (χ3v) is 4.06. The highest BCUT2D eigenvalue weighted by Gasteiger charge is 2.24. The van der Waals surface area contributed by atoms with E-state index in [1.807, 2.05) is 13.8 Å². The van der Waals surface area contributed by atoms with Gasteiger partial charge in [0.2, 0.25) is 0 Å². The van der Waals surface area contributed by atoms with Crippen molar-refractivity contribution >= 4 is 5.78 Å². The van der Waals surface area contributed by atoms with Crippen molar-refractivity contribution in [2.45, 2.75) is 54.9 Å². The molecular formula is C15H25NO. The number of aromatic nitrogens is 1. The molecule has 0 aliphatic carbocycles. The molecule has 0 saturated carbocycles. The first-order valence-corrected chi connectivity index (χ1v) is 6.33. The number of H-pyrrole nitrogens is 1. The van der Waals surface area contributed by atoms with Gasteiger partial charge in [-0.15, -0.1) is 0 Å². The molecule has 1 aromatic heterocycles. The Morgan fingerprint density at radius 1 is 1.18 bits per heavy atom. The van der Waals surface area contributed by atoms with E-state index in [1.54, 1.807) is 0 Å². The predicted octanol–water partition coefficient (Wildman–Crippen LogP) is 4.19. The number of aromatic amines is 1. The lowest BCUT2D eigenvalue weighted by atomic mass is 9.79. The van der Waals surface area contributed by atoms with E-state index in [0.717, 1.165) is 17.0 Å². The Bertz CT molecular complexity index is 421. The SMILES string of the molecule is Cc1[nH]c(C(=O)CC(C)C(C)(C)C)c(C)c1C. The van der Waals surface area contributed by atoms with E-state index in [-0.39, 0.29) is 11.2 Å². The van der Waals surface area contributed by atoms with Crippen LogP contribution in [0.15, 0.2) is 0 Å². The summed E-state index contributed by atoms with van der Waals surface area (Å²) in [7, 11) is 0.